The Balaban J connectivity index is 2.55. The minimum Gasteiger partial charge on any atom is -0.378 e. The van der Waals surface area contributed by atoms with E-state index in [4.69, 9.17) is 16.3 Å². The van der Waals surface area contributed by atoms with E-state index in [0.717, 1.165) is 22.6 Å². The van der Waals surface area contributed by atoms with Gasteiger partial charge in [0.1, 0.15) is 5.15 Å². The van der Waals surface area contributed by atoms with Crippen molar-refractivity contribution < 1.29 is 4.74 Å². The van der Waals surface area contributed by atoms with Crippen LogP contribution in [0.4, 0.5) is 0 Å². The van der Waals surface area contributed by atoms with Crippen LogP contribution in [-0.2, 0) is 11.3 Å². The van der Waals surface area contributed by atoms with Crippen LogP contribution >= 0.6 is 27.5 Å². The molecule has 0 spiro atoms. The number of pyridine rings is 1. The third kappa shape index (κ3) is 3.29. The SMILES string of the molecule is COCc1nc(-c2cc(C)nc(C)c2)nc(Cl)c1Br. The maximum absolute atomic E-state index is 6.12. The van der Waals surface area contributed by atoms with Crippen LogP contribution in [0.25, 0.3) is 11.4 Å². The fraction of sp³-hybridized carbons (Fsp3) is 0.308. The normalized spacial score (nSPS) is 10.8. The Hall–Kier alpha value is -1.04. The van der Waals surface area contributed by atoms with Gasteiger partial charge >= 0.3 is 0 Å². The standard InChI is InChI=1S/C13H13BrClN3O/c1-7-4-9(5-8(2)16-7)13-17-10(6-19-3)11(14)12(15)18-13/h4-5H,6H2,1-3H3. The van der Waals surface area contributed by atoms with Gasteiger partial charge in [-0.2, -0.15) is 0 Å². The Kier molecular flexibility index (Phi) is 4.50. The number of hydrogen-bond donors (Lipinski definition) is 0. The molecule has 0 fully saturated rings. The van der Waals surface area contributed by atoms with E-state index in [-0.39, 0.29) is 0 Å². The van der Waals surface area contributed by atoms with Gasteiger partial charge in [0.2, 0.25) is 0 Å². The Morgan fingerprint density at radius 3 is 2.37 bits per heavy atom. The number of hydrogen-bond acceptors (Lipinski definition) is 4. The van der Waals surface area contributed by atoms with E-state index in [1.54, 1.807) is 7.11 Å². The highest BCUT2D eigenvalue weighted by molar-refractivity contribution is 9.10. The predicted octanol–water partition coefficient (Wildman–Crippen LogP) is 3.72. The van der Waals surface area contributed by atoms with Crippen molar-refractivity contribution in [2.24, 2.45) is 0 Å². The molecule has 0 aliphatic carbocycles. The molecule has 6 heteroatoms. The maximum Gasteiger partial charge on any atom is 0.161 e. The van der Waals surface area contributed by atoms with Gasteiger partial charge in [0.25, 0.3) is 0 Å². The Bertz CT molecular complexity index is 599. The van der Waals surface area contributed by atoms with E-state index < -0.39 is 0 Å². The number of aromatic nitrogens is 3. The third-order valence-corrected chi connectivity index (χ3v) is 3.84. The minimum absolute atomic E-state index is 0.374. The van der Waals surface area contributed by atoms with Gasteiger partial charge in [0, 0.05) is 24.1 Å². The minimum atomic E-state index is 0.374. The van der Waals surface area contributed by atoms with E-state index in [2.05, 4.69) is 30.9 Å². The van der Waals surface area contributed by atoms with Crippen molar-refractivity contribution >= 4 is 27.5 Å². The van der Waals surface area contributed by atoms with Crippen LogP contribution in [0, 0.1) is 13.8 Å². The second-order valence-corrected chi connectivity index (χ2v) is 5.32. The van der Waals surface area contributed by atoms with Gasteiger partial charge in [-0.1, -0.05) is 11.6 Å². The lowest BCUT2D eigenvalue weighted by Gasteiger charge is -2.08. The molecule has 100 valence electrons. The van der Waals surface area contributed by atoms with Crippen molar-refractivity contribution in [3.05, 3.63) is 38.8 Å². The lowest BCUT2D eigenvalue weighted by atomic mass is 10.2. The van der Waals surface area contributed by atoms with Crippen molar-refractivity contribution in [2.45, 2.75) is 20.5 Å². The monoisotopic (exact) mass is 341 g/mol. The van der Waals surface area contributed by atoms with Crippen molar-refractivity contribution in [1.82, 2.24) is 15.0 Å². The van der Waals surface area contributed by atoms with Gasteiger partial charge in [-0.15, -0.1) is 0 Å². The number of rotatable bonds is 3. The molecule has 2 rings (SSSR count). The first kappa shape index (κ1) is 14.4. The summed E-state index contributed by atoms with van der Waals surface area (Å²) in [6, 6.07) is 3.87. The Labute approximate surface area is 125 Å². The van der Waals surface area contributed by atoms with E-state index in [1.165, 1.54) is 0 Å². The maximum atomic E-state index is 6.12. The molecule has 0 saturated carbocycles. The number of aryl methyl sites for hydroxylation is 2. The van der Waals surface area contributed by atoms with Gasteiger partial charge in [0.05, 0.1) is 16.8 Å². The van der Waals surface area contributed by atoms with Gasteiger partial charge in [-0.3, -0.25) is 4.98 Å². The second-order valence-electron chi connectivity index (χ2n) is 4.17. The molecule has 0 saturated heterocycles. The average molecular weight is 343 g/mol. The number of methoxy groups -OCH3 is 1. The Morgan fingerprint density at radius 2 is 1.79 bits per heavy atom. The topological polar surface area (TPSA) is 47.9 Å². The first-order valence-corrected chi connectivity index (χ1v) is 6.85. The van der Waals surface area contributed by atoms with E-state index in [9.17, 15) is 0 Å². The first-order valence-electron chi connectivity index (χ1n) is 5.67. The van der Waals surface area contributed by atoms with E-state index in [0.29, 0.717) is 22.1 Å². The highest BCUT2D eigenvalue weighted by atomic mass is 79.9. The molecule has 2 aromatic heterocycles. The zero-order chi connectivity index (χ0) is 14.0. The molecule has 19 heavy (non-hydrogen) atoms. The molecule has 0 amide bonds. The molecular formula is C13H13BrClN3O. The van der Waals surface area contributed by atoms with Gasteiger partial charge in [0.15, 0.2) is 5.82 Å². The molecule has 0 aliphatic rings. The summed E-state index contributed by atoms with van der Waals surface area (Å²) < 4.78 is 5.78. The molecular weight excluding hydrogens is 330 g/mol. The third-order valence-electron chi connectivity index (χ3n) is 2.50. The quantitative estimate of drug-likeness (QED) is 0.798. The fourth-order valence-corrected chi connectivity index (χ4v) is 2.27. The van der Waals surface area contributed by atoms with E-state index in [1.807, 2.05) is 26.0 Å². The summed E-state index contributed by atoms with van der Waals surface area (Å²) in [5.74, 6) is 0.578. The fourth-order valence-electron chi connectivity index (χ4n) is 1.79. The molecule has 2 heterocycles. The van der Waals surface area contributed by atoms with Crippen LogP contribution in [0.1, 0.15) is 17.1 Å². The smallest absolute Gasteiger partial charge is 0.161 e. The summed E-state index contributed by atoms with van der Waals surface area (Å²) >= 11 is 9.48. The lowest BCUT2D eigenvalue weighted by Crippen LogP contribution is -2.01. The molecule has 0 unspecified atom stereocenters. The van der Waals surface area contributed by atoms with Crippen LogP contribution in [0.2, 0.25) is 5.15 Å². The van der Waals surface area contributed by atoms with E-state index >= 15 is 0 Å². The van der Waals surface area contributed by atoms with Gasteiger partial charge < -0.3 is 4.74 Å². The molecule has 4 nitrogen and oxygen atoms in total. The van der Waals surface area contributed by atoms with Crippen LogP contribution < -0.4 is 0 Å². The molecule has 0 N–H and O–H groups in total. The van der Waals surface area contributed by atoms with Crippen molar-refractivity contribution in [3.8, 4) is 11.4 Å². The predicted molar refractivity (Wildman–Crippen MR) is 78.2 cm³/mol. The molecule has 0 aromatic carbocycles. The highest BCUT2D eigenvalue weighted by Gasteiger charge is 2.12. The summed E-state index contributed by atoms with van der Waals surface area (Å²) in [6.07, 6.45) is 0. The number of nitrogens with zero attached hydrogens (tertiary/aromatic N) is 3. The zero-order valence-corrected chi connectivity index (χ0v) is 13.2. The zero-order valence-electron chi connectivity index (χ0n) is 10.9. The van der Waals surface area contributed by atoms with Crippen molar-refractivity contribution in [2.75, 3.05) is 7.11 Å². The largest absolute Gasteiger partial charge is 0.378 e. The number of ether oxygens (including phenoxy) is 1. The summed E-state index contributed by atoms with van der Waals surface area (Å²) in [4.78, 5) is 13.1. The van der Waals surface area contributed by atoms with Gasteiger partial charge in [-0.25, -0.2) is 9.97 Å². The van der Waals surface area contributed by atoms with Crippen LogP contribution in [-0.4, -0.2) is 22.1 Å². The highest BCUT2D eigenvalue weighted by Crippen LogP contribution is 2.27. The molecule has 0 atom stereocenters. The molecule has 2 aromatic rings. The van der Waals surface area contributed by atoms with Crippen LogP contribution in [0.5, 0.6) is 0 Å². The van der Waals surface area contributed by atoms with Gasteiger partial charge in [-0.05, 0) is 41.9 Å². The number of halogens is 2. The Morgan fingerprint density at radius 1 is 1.16 bits per heavy atom. The summed E-state index contributed by atoms with van der Waals surface area (Å²) in [5, 5.41) is 0.379. The van der Waals surface area contributed by atoms with Crippen LogP contribution in [0.15, 0.2) is 16.6 Å². The molecule has 0 aliphatic heterocycles. The summed E-state index contributed by atoms with van der Waals surface area (Å²) in [5.41, 5.74) is 3.47. The van der Waals surface area contributed by atoms with Crippen molar-refractivity contribution in [3.63, 3.8) is 0 Å². The molecule has 0 radical (unpaired) electrons. The lowest BCUT2D eigenvalue weighted by molar-refractivity contribution is 0.181. The first-order chi connectivity index (χ1) is 9.01. The molecule has 0 bridgehead atoms. The van der Waals surface area contributed by atoms with Crippen molar-refractivity contribution in [1.29, 1.82) is 0 Å². The van der Waals surface area contributed by atoms with Crippen LogP contribution in [0.3, 0.4) is 0 Å². The summed E-state index contributed by atoms with van der Waals surface area (Å²) in [7, 11) is 1.61. The second kappa shape index (κ2) is 5.94. The summed E-state index contributed by atoms with van der Waals surface area (Å²) in [6.45, 7) is 4.25. The average Bonchev–Trinajstić information content (AvgIpc) is 2.33.